The predicted molar refractivity (Wildman–Crippen MR) is 93.4 cm³/mol. The second-order valence-electron chi connectivity index (χ2n) is 6.30. The quantitative estimate of drug-likeness (QED) is 0.866. The van der Waals surface area contributed by atoms with Gasteiger partial charge < -0.3 is 10.2 Å². The SMILES string of the molecule is Cc1cccnc1CCNC(=O)[C@H]1CC(=O)N(Cc2ccccn2)C1. The van der Waals surface area contributed by atoms with Crippen molar-refractivity contribution < 1.29 is 9.59 Å². The first-order chi connectivity index (χ1) is 12.1. The molecule has 0 saturated carbocycles. The van der Waals surface area contributed by atoms with Crippen LogP contribution in [0.1, 0.15) is 23.4 Å². The number of likely N-dealkylation sites (tertiary alicyclic amines) is 1. The van der Waals surface area contributed by atoms with Crippen LogP contribution in [0.3, 0.4) is 0 Å². The Bertz CT molecular complexity index is 748. The van der Waals surface area contributed by atoms with E-state index in [0.29, 0.717) is 26.1 Å². The summed E-state index contributed by atoms with van der Waals surface area (Å²) in [4.78, 5) is 34.7. The maximum absolute atomic E-state index is 12.3. The Morgan fingerprint density at radius 1 is 1.24 bits per heavy atom. The number of amides is 2. The van der Waals surface area contributed by atoms with E-state index in [9.17, 15) is 9.59 Å². The van der Waals surface area contributed by atoms with Crippen molar-refractivity contribution in [2.45, 2.75) is 26.3 Å². The summed E-state index contributed by atoms with van der Waals surface area (Å²) in [6.07, 6.45) is 4.42. The van der Waals surface area contributed by atoms with Gasteiger partial charge in [0.2, 0.25) is 11.8 Å². The average Bonchev–Trinajstić information content (AvgIpc) is 2.98. The minimum absolute atomic E-state index is 0.00590. The van der Waals surface area contributed by atoms with Crippen molar-refractivity contribution in [3.8, 4) is 0 Å². The van der Waals surface area contributed by atoms with Gasteiger partial charge in [0.25, 0.3) is 0 Å². The van der Waals surface area contributed by atoms with Gasteiger partial charge in [-0.3, -0.25) is 19.6 Å². The van der Waals surface area contributed by atoms with Gasteiger partial charge in [-0.15, -0.1) is 0 Å². The van der Waals surface area contributed by atoms with Crippen LogP contribution in [-0.2, 0) is 22.6 Å². The molecule has 1 aliphatic heterocycles. The number of nitrogens with zero attached hydrogens (tertiary/aromatic N) is 3. The van der Waals surface area contributed by atoms with E-state index in [1.54, 1.807) is 17.3 Å². The van der Waals surface area contributed by atoms with Crippen LogP contribution in [0.15, 0.2) is 42.7 Å². The fourth-order valence-electron chi connectivity index (χ4n) is 3.02. The maximum Gasteiger partial charge on any atom is 0.225 e. The molecule has 0 aliphatic carbocycles. The molecular weight excluding hydrogens is 316 g/mol. The van der Waals surface area contributed by atoms with E-state index < -0.39 is 0 Å². The van der Waals surface area contributed by atoms with Crippen molar-refractivity contribution in [3.63, 3.8) is 0 Å². The third-order valence-corrected chi connectivity index (χ3v) is 4.44. The molecule has 1 aliphatic rings. The lowest BCUT2D eigenvalue weighted by Gasteiger charge is -2.16. The number of pyridine rings is 2. The summed E-state index contributed by atoms with van der Waals surface area (Å²) < 4.78 is 0. The van der Waals surface area contributed by atoms with Gasteiger partial charge in [-0.1, -0.05) is 12.1 Å². The van der Waals surface area contributed by atoms with Gasteiger partial charge in [0.15, 0.2) is 0 Å². The van der Waals surface area contributed by atoms with Gasteiger partial charge in [-0.2, -0.15) is 0 Å². The molecule has 3 rings (SSSR count). The molecule has 6 nitrogen and oxygen atoms in total. The molecule has 1 atom stereocenters. The Kier molecular flexibility index (Phi) is 5.38. The van der Waals surface area contributed by atoms with Gasteiger partial charge in [0.1, 0.15) is 0 Å². The number of aromatic nitrogens is 2. The van der Waals surface area contributed by atoms with Crippen molar-refractivity contribution in [1.29, 1.82) is 0 Å². The fraction of sp³-hybridized carbons (Fsp3) is 0.368. The summed E-state index contributed by atoms with van der Waals surface area (Å²) in [6, 6.07) is 9.53. The molecule has 25 heavy (non-hydrogen) atoms. The molecule has 0 spiro atoms. The van der Waals surface area contributed by atoms with Gasteiger partial charge in [-0.25, -0.2) is 0 Å². The molecule has 1 fully saturated rings. The Morgan fingerprint density at radius 2 is 2.08 bits per heavy atom. The standard InChI is InChI=1S/C19H22N4O2/c1-14-5-4-9-21-17(14)7-10-22-19(25)15-11-18(24)23(12-15)13-16-6-2-3-8-20-16/h2-6,8-9,15H,7,10-13H2,1H3,(H,22,25)/t15-/m0/s1. The van der Waals surface area contributed by atoms with E-state index in [1.807, 2.05) is 37.3 Å². The molecular formula is C19H22N4O2. The Hall–Kier alpha value is -2.76. The minimum atomic E-state index is -0.291. The molecule has 3 heterocycles. The smallest absolute Gasteiger partial charge is 0.225 e. The highest BCUT2D eigenvalue weighted by molar-refractivity contribution is 5.89. The Balaban J connectivity index is 1.48. The number of hydrogen-bond acceptors (Lipinski definition) is 4. The van der Waals surface area contributed by atoms with Crippen molar-refractivity contribution >= 4 is 11.8 Å². The van der Waals surface area contributed by atoms with Crippen LogP contribution in [0.5, 0.6) is 0 Å². The predicted octanol–water partition coefficient (Wildman–Crippen LogP) is 1.49. The van der Waals surface area contributed by atoms with Crippen molar-refractivity contribution in [2.24, 2.45) is 5.92 Å². The molecule has 2 aromatic rings. The normalized spacial score (nSPS) is 16.9. The Morgan fingerprint density at radius 3 is 2.84 bits per heavy atom. The second kappa shape index (κ2) is 7.88. The summed E-state index contributed by atoms with van der Waals surface area (Å²) in [5.41, 5.74) is 2.94. The van der Waals surface area contributed by atoms with Crippen LogP contribution in [0.25, 0.3) is 0 Å². The molecule has 0 aromatic carbocycles. The summed E-state index contributed by atoms with van der Waals surface area (Å²) in [5.74, 6) is -0.349. The molecule has 6 heteroatoms. The van der Waals surface area contributed by atoms with E-state index >= 15 is 0 Å². The molecule has 2 aromatic heterocycles. The van der Waals surface area contributed by atoms with Crippen LogP contribution < -0.4 is 5.32 Å². The van der Waals surface area contributed by atoms with Crippen LogP contribution in [0.4, 0.5) is 0 Å². The van der Waals surface area contributed by atoms with Crippen molar-refractivity contribution in [2.75, 3.05) is 13.1 Å². The summed E-state index contributed by atoms with van der Waals surface area (Å²) in [5, 5.41) is 2.93. The number of carbonyl (C=O) groups is 2. The zero-order valence-corrected chi connectivity index (χ0v) is 14.3. The van der Waals surface area contributed by atoms with Crippen LogP contribution in [0.2, 0.25) is 0 Å². The van der Waals surface area contributed by atoms with Crippen molar-refractivity contribution in [1.82, 2.24) is 20.2 Å². The van der Waals surface area contributed by atoms with Gasteiger partial charge in [0.05, 0.1) is 18.2 Å². The zero-order chi connectivity index (χ0) is 17.6. The van der Waals surface area contributed by atoms with Gasteiger partial charge >= 0.3 is 0 Å². The van der Waals surface area contributed by atoms with E-state index in [-0.39, 0.29) is 24.2 Å². The third kappa shape index (κ3) is 4.41. The zero-order valence-electron chi connectivity index (χ0n) is 14.3. The number of rotatable bonds is 6. The first-order valence-electron chi connectivity index (χ1n) is 8.49. The highest BCUT2D eigenvalue weighted by Crippen LogP contribution is 2.19. The maximum atomic E-state index is 12.3. The Labute approximate surface area is 147 Å². The van der Waals surface area contributed by atoms with E-state index in [0.717, 1.165) is 17.0 Å². The van der Waals surface area contributed by atoms with E-state index in [1.165, 1.54) is 0 Å². The lowest BCUT2D eigenvalue weighted by Crippen LogP contribution is -2.34. The van der Waals surface area contributed by atoms with Gasteiger partial charge in [-0.05, 0) is 30.7 Å². The van der Waals surface area contributed by atoms with E-state index in [4.69, 9.17) is 0 Å². The van der Waals surface area contributed by atoms with Crippen molar-refractivity contribution in [3.05, 3.63) is 59.7 Å². The van der Waals surface area contributed by atoms with Gasteiger partial charge in [0, 0.05) is 44.0 Å². The number of hydrogen-bond donors (Lipinski definition) is 1. The summed E-state index contributed by atoms with van der Waals surface area (Å²) >= 11 is 0. The summed E-state index contributed by atoms with van der Waals surface area (Å²) in [7, 11) is 0. The lowest BCUT2D eigenvalue weighted by atomic mass is 10.1. The number of carbonyl (C=O) groups excluding carboxylic acids is 2. The van der Waals surface area contributed by atoms with Crippen LogP contribution in [0, 0.1) is 12.8 Å². The highest BCUT2D eigenvalue weighted by atomic mass is 16.2. The molecule has 0 radical (unpaired) electrons. The average molecular weight is 338 g/mol. The number of nitrogens with one attached hydrogen (secondary N) is 1. The largest absolute Gasteiger partial charge is 0.355 e. The van der Waals surface area contributed by atoms with Crippen LogP contribution in [-0.4, -0.2) is 39.8 Å². The summed E-state index contributed by atoms with van der Waals surface area (Å²) in [6.45, 7) is 3.44. The number of aryl methyl sites for hydroxylation is 1. The topological polar surface area (TPSA) is 75.2 Å². The fourth-order valence-corrected chi connectivity index (χ4v) is 3.02. The monoisotopic (exact) mass is 338 g/mol. The van der Waals surface area contributed by atoms with Crippen LogP contribution >= 0.6 is 0 Å². The van der Waals surface area contributed by atoms with E-state index in [2.05, 4.69) is 15.3 Å². The second-order valence-corrected chi connectivity index (χ2v) is 6.30. The minimum Gasteiger partial charge on any atom is -0.355 e. The molecule has 0 bridgehead atoms. The molecule has 2 amide bonds. The third-order valence-electron chi connectivity index (χ3n) is 4.44. The molecule has 0 unspecified atom stereocenters. The molecule has 1 N–H and O–H groups in total. The first-order valence-corrected chi connectivity index (χ1v) is 8.49. The first kappa shape index (κ1) is 17.1. The molecule has 130 valence electrons. The lowest BCUT2D eigenvalue weighted by molar-refractivity contribution is -0.129. The highest BCUT2D eigenvalue weighted by Gasteiger charge is 2.34. The molecule has 1 saturated heterocycles.